The fraction of sp³-hybridized carbons (Fsp3) is 0.386. The number of hydrogen-bond acceptors (Lipinski definition) is 10. The predicted octanol–water partition coefficient (Wildman–Crippen LogP) is 6.39. The molecule has 2 fully saturated rings. The third kappa shape index (κ3) is 11.7. The van der Waals surface area contributed by atoms with E-state index in [4.69, 9.17) is 0 Å². The van der Waals surface area contributed by atoms with Crippen LogP contribution < -0.4 is 5.32 Å². The molecule has 0 aliphatic carbocycles. The molecule has 4 heterocycles. The third-order valence-electron chi connectivity index (χ3n) is 11.3. The first-order chi connectivity index (χ1) is 30.0. The molecule has 2 aliphatic heterocycles. The average Bonchev–Trinajstić information content (AvgIpc) is 3.91. The number of aliphatic hydroxyl groups is 2. The minimum Gasteiger partial charge on any atom is -0.388 e. The number of amides is 1. The highest BCUT2D eigenvalue weighted by Gasteiger charge is 2.35. The van der Waals surface area contributed by atoms with Crippen LogP contribution in [0.15, 0.2) is 97.1 Å². The number of carbonyl (C=O) groups excluding carboxylic acids is 1. The van der Waals surface area contributed by atoms with Gasteiger partial charge in [0.2, 0.25) is 17.6 Å². The second kappa shape index (κ2) is 18.7. The van der Waals surface area contributed by atoms with Gasteiger partial charge in [0.25, 0.3) is 0 Å². The lowest BCUT2D eigenvalue weighted by Crippen LogP contribution is -2.48. The van der Waals surface area contributed by atoms with Gasteiger partial charge in [0.1, 0.15) is 0 Å². The van der Waals surface area contributed by atoms with E-state index in [0.717, 1.165) is 70.7 Å². The SMILES string of the molecule is CC(=O)N1CCC(O)(Cn2nnc(-c3ccccc3Cc3ccc(C(F)(F)F)cc3)n2)CC1.OC1(Cn2nnc(-c3ccccc3Cc3ccc(C(F)(F)F)cc3)n2)CCNCC1. The minimum atomic E-state index is -4.37. The number of carbonyl (C=O) groups is 1. The molecule has 0 bridgehead atoms. The van der Waals surface area contributed by atoms with Crippen LogP contribution in [-0.2, 0) is 43.1 Å². The summed E-state index contributed by atoms with van der Waals surface area (Å²) >= 11 is 0. The smallest absolute Gasteiger partial charge is 0.388 e. The molecular weight excluding hydrogens is 831 g/mol. The average molecular weight is 877 g/mol. The molecule has 0 spiro atoms. The van der Waals surface area contributed by atoms with E-state index in [0.29, 0.717) is 63.3 Å². The number of tetrazole rings is 2. The molecule has 0 saturated carbocycles. The van der Waals surface area contributed by atoms with Gasteiger partial charge in [-0.25, -0.2) is 0 Å². The molecule has 0 atom stereocenters. The van der Waals surface area contributed by atoms with Crippen LogP contribution in [0.2, 0.25) is 0 Å². The topological polar surface area (TPSA) is 160 Å². The number of aromatic nitrogens is 8. The zero-order chi connectivity index (χ0) is 44.8. The molecule has 2 saturated heterocycles. The molecule has 0 radical (unpaired) electrons. The molecule has 19 heteroatoms. The number of benzene rings is 4. The molecule has 4 aromatic carbocycles. The van der Waals surface area contributed by atoms with Crippen LogP contribution in [-0.4, -0.2) is 98.8 Å². The van der Waals surface area contributed by atoms with E-state index in [9.17, 15) is 41.4 Å². The first-order valence-corrected chi connectivity index (χ1v) is 20.4. The number of alkyl halides is 6. The first kappa shape index (κ1) is 45.0. The van der Waals surface area contributed by atoms with Gasteiger partial charge in [-0.05, 0) is 109 Å². The molecule has 3 N–H and O–H groups in total. The molecule has 332 valence electrons. The van der Waals surface area contributed by atoms with Crippen LogP contribution in [0.3, 0.4) is 0 Å². The van der Waals surface area contributed by atoms with Gasteiger partial charge < -0.3 is 20.4 Å². The Balaban J connectivity index is 0.000000190. The lowest BCUT2D eigenvalue weighted by atomic mass is 9.91. The number of likely N-dealkylation sites (tertiary alicyclic amines) is 1. The highest BCUT2D eigenvalue weighted by Crippen LogP contribution is 2.32. The first-order valence-electron chi connectivity index (χ1n) is 20.4. The highest BCUT2D eigenvalue weighted by molar-refractivity contribution is 5.73. The number of nitrogens with zero attached hydrogens (tertiary/aromatic N) is 9. The Morgan fingerprint density at radius 3 is 1.41 bits per heavy atom. The van der Waals surface area contributed by atoms with Gasteiger partial charge in [0, 0.05) is 31.1 Å². The lowest BCUT2D eigenvalue weighted by Gasteiger charge is -2.37. The number of rotatable bonds is 10. The molecule has 63 heavy (non-hydrogen) atoms. The Morgan fingerprint density at radius 1 is 0.619 bits per heavy atom. The molecule has 13 nitrogen and oxygen atoms in total. The summed E-state index contributed by atoms with van der Waals surface area (Å²) in [5.41, 5.74) is 1.48. The van der Waals surface area contributed by atoms with Crippen molar-refractivity contribution in [3.05, 3.63) is 130 Å². The normalized spacial score (nSPS) is 16.3. The number of hydrogen-bond donors (Lipinski definition) is 3. The zero-order valence-electron chi connectivity index (χ0n) is 34.3. The summed E-state index contributed by atoms with van der Waals surface area (Å²) in [7, 11) is 0. The van der Waals surface area contributed by atoms with Gasteiger partial charge in [-0.15, -0.1) is 20.4 Å². The van der Waals surface area contributed by atoms with E-state index in [1.807, 2.05) is 48.5 Å². The van der Waals surface area contributed by atoms with Crippen molar-refractivity contribution in [1.82, 2.24) is 50.6 Å². The Bertz CT molecular complexity index is 2460. The van der Waals surface area contributed by atoms with Gasteiger partial charge in [-0.3, -0.25) is 4.79 Å². The van der Waals surface area contributed by atoms with Crippen molar-refractivity contribution in [2.24, 2.45) is 0 Å². The Kier molecular flexibility index (Phi) is 13.4. The van der Waals surface area contributed by atoms with Gasteiger partial charge in [-0.2, -0.15) is 35.9 Å². The molecule has 0 unspecified atom stereocenters. The van der Waals surface area contributed by atoms with Crippen molar-refractivity contribution in [1.29, 1.82) is 0 Å². The van der Waals surface area contributed by atoms with Crippen molar-refractivity contribution in [2.75, 3.05) is 26.2 Å². The largest absolute Gasteiger partial charge is 0.416 e. The minimum absolute atomic E-state index is 0.0112. The summed E-state index contributed by atoms with van der Waals surface area (Å²) in [6.07, 6.45) is -5.78. The Hall–Kier alpha value is -6.05. The summed E-state index contributed by atoms with van der Waals surface area (Å²) in [5.74, 6) is 0.792. The molecule has 8 rings (SSSR count). The fourth-order valence-electron chi connectivity index (χ4n) is 7.66. The number of halogens is 6. The van der Waals surface area contributed by atoms with Crippen LogP contribution in [0.1, 0.15) is 66.0 Å². The summed E-state index contributed by atoms with van der Waals surface area (Å²) in [5, 5.41) is 50.1. The van der Waals surface area contributed by atoms with E-state index in [1.54, 1.807) is 4.90 Å². The Morgan fingerprint density at radius 2 is 1.02 bits per heavy atom. The summed E-state index contributed by atoms with van der Waals surface area (Å²) in [4.78, 5) is 16.0. The van der Waals surface area contributed by atoms with Crippen molar-refractivity contribution in [3.8, 4) is 22.8 Å². The van der Waals surface area contributed by atoms with Crippen LogP contribution >= 0.6 is 0 Å². The number of nitrogens with one attached hydrogen (secondary N) is 1. The summed E-state index contributed by atoms with van der Waals surface area (Å²) in [6, 6.07) is 25.1. The lowest BCUT2D eigenvalue weighted by molar-refractivity contribution is -0.138. The number of piperidine rings is 2. The van der Waals surface area contributed by atoms with Gasteiger partial charge in [-0.1, -0.05) is 72.8 Å². The van der Waals surface area contributed by atoms with E-state index in [-0.39, 0.29) is 19.0 Å². The molecule has 2 aromatic heterocycles. The van der Waals surface area contributed by atoms with E-state index < -0.39 is 34.7 Å². The monoisotopic (exact) mass is 876 g/mol. The van der Waals surface area contributed by atoms with Crippen LogP contribution in [0.4, 0.5) is 26.3 Å². The van der Waals surface area contributed by atoms with E-state index in [1.165, 1.54) is 40.8 Å². The van der Waals surface area contributed by atoms with Gasteiger partial charge in [0.05, 0.1) is 35.4 Å². The van der Waals surface area contributed by atoms with Crippen LogP contribution in [0.5, 0.6) is 0 Å². The maximum Gasteiger partial charge on any atom is 0.416 e. The van der Waals surface area contributed by atoms with E-state index in [2.05, 4.69) is 36.1 Å². The summed E-state index contributed by atoms with van der Waals surface area (Å²) in [6.45, 7) is 4.38. The molecular formula is C44H46F6N10O3. The predicted molar refractivity (Wildman–Crippen MR) is 218 cm³/mol. The third-order valence-corrected chi connectivity index (χ3v) is 11.3. The second-order valence-corrected chi connectivity index (χ2v) is 16.0. The van der Waals surface area contributed by atoms with Crippen molar-refractivity contribution in [3.63, 3.8) is 0 Å². The highest BCUT2D eigenvalue weighted by atomic mass is 19.4. The van der Waals surface area contributed by atoms with Gasteiger partial charge >= 0.3 is 12.4 Å². The Labute approximate surface area is 358 Å². The van der Waals surface area contributed by atoms with Crippen LogP contribution in [0.25, 0.3) is 22.8 Å². The van der Waals surface area contributed by atoms with Gasteiger partial charge in [0.15, 0.2) is 0 Å². The summed E-state index contributed by atoms with van der Waals surface area (Å²) < 4.78 is 76.8. The molecule has 6 aromatic rings. The second-order valence-electron chi connectivity index (χ2n) is 16.0. The standard InChI is InChI=1S/C23H24F3N5O2.C21H22F3N5O/c1-16(32)30-12-10-22(33,11-13-30)15-31-28-21(27-29-31)20-5-3-2-4-18(20)14-17-6-8-19(9-7-17)23(24,25)26;22-21(23,24)17-7-5-15(6-8-17)13-16-3-1-2-4-18(16)19-26-28-29(27-19)14-20(30)9-11-25-12-10-20/h2-9,33H,10-15H2,1H3;1-8,25,30H,9-14H2. The molecule has 2 aliphatic rings. The van der Waals surface area contributed by atoms with Crippen LogP contribution in [0, 0.1) is 0 Å². The van der Waals surface area contributed by atoms with Crippen molar-refractivity contribution in [2.45, 2.75) is 82.1 Å². The van der Waals surface area contributed by atoms with E-state index >= 15 is 0 Å². The quantitative estimate of drug-likeness (QED) is 0.132. The maximum absolute atomic E-state index is 12.8. The van der Waals surface area contributed by atoms with Crippen molar-refractivity contribution >= 4 is 5.91 Å². The fourth-order valence-corrected chi connectivity index (χ4v) is 7.66. The maximum atomic E-state index is 12.8. The van der Waals surface area contributed by atoms with Crippen molar-refractivity contribution < 1.29 is 41.4 Å². The molecule has 1 amide bonds. The zero-order valence-corrected chi connectivity index (χ0v) is 34.3.